The van der Waals surface area contributed by atoms with Crippen LogP contribution in [0.5, 0.6) is 0 Å². The van der Waals surface area contributed by atoms with Crippen LogP contribution in [0.15, 0.2) is 24.3 Å². The molecule has 1 aliphatic carbocycles. The van der Waals surface area contributed by atoms with Crippen molar-refractivity contribution >= 4 is 5.91 Å². The van der Waals surface area contributed by atoms with Crippen molar-refractivity contribution in [1.29, 1.82) is 0 Å². The monoisotopic (exact) mass is 248 g/mol. The van der Waals surface area contributed by atoms with Gasteiger partial charge in [0.2, 0.25) is 0 Å². The predicted molar refractivity (Wildman–Crippen MR) is 70.2 cm³/mol. The number of carbonyl (C=O) groups excluding carboxylic acids is 1. The molecular formula is C14H20N2O2. The van der Waals surface area contributed by atoms with Gasteiger partial charge in [0.05, 0.1) is 12.6 Å². The van der Waals surface area contributed by atoms with Crippen LogP contribution in [-0.4, -0.2) is 23.7 Å². The zero-order valence-corrected chi connectivity index (χ0v) is 10.4. The Balaban J connectivity index is 2.05. The normalized spacial score (nSPS) is 17.7. The molecule has 18 heavy (non-hydrogen) atoms. The molecule has 0 aromatic heterocycles. The maximum absolute atomic E-state index is 12.0. The van der Waals surface area contributed by atoms with E-state index in [0.29, 0.717) is 11.6 Å². The first kappa shape index (κ1) is 13.1. The van der Waals surface area contributed by atoms with Crippen LogP contribution in [0.25, 0.3) is 0 Å². The van der Waals surface area contributed by atoms with E-state index in [1.807, 2.05) is 6.07 Å². The third kappa shape index (κ3) is 3.09. The van der Waals surface area contributed by atoms with Crippen molar-refractivity contribution in [2.45, 2.75) is 37.8 Å². The predicted octanol–water partition coefficient (Wildman–Crippen LogP) is 1.35. The second kappa shape index (κ2) is 5.98. The first-order valence-corrected chi connectivity index (χ1v) is 6.48. The minimum absolute atomic E-state index is 0.0473. The van der Waals surface area contributed by atoms with Crippen LogP contribution in [0, 0.1) is 0 Å². The Hall–Kier alpha value is -1.39. The van der Waals surface area contributed by atoms with Gasteiger partial charge in [0.1, 0.15) is 0 Å². The van der Waals surface area contributed by atoms with E-state index in [-0.39, 0.29) is 12.5 Å². The van der Waals surface area contributed by atoms with E-state index >= 15 is 0 Å². The molecule has 0 saturated heterocycles. The number of rotatable bonds is 4. The zero-order chi connectivity index (χ0) is 13.0. The number of carbonyl (C=O) groups is 1. The Labute approximate surface area is 107 Å². The average Bonchev–Trinajstić information content (AvgIpc) is 2.90. The van der Waals surface area contributed by atoms with Crippen LogP contribution in [-0.2, 0) is 0 Å². The van der Waals surface area contributed by atoms with E-state index in [0.717, 1.165) is 18.4 Å². The number of nitrogens with two attached hydrogens (primary N) is 1. The summed E-state index contributed by atoms with van der Waals surface area (Å²) in [5.74, 6) is -0.0473. The Morgan fingerprint density at radius 2 is 2.17 bits per heavy atom. The van der Waals surface area contributed by atoms with Gasteiger partial charge in [-0.3, -0.25) is 4.79 Å². The molecule has 4 N–H and O–H groups in total. The molecule has 1 aromatic rings. The third-order valence-electron chi connectivity index (χ3n) is 3.46. The first-order chi connectivity index (χ1) is 8.70. The summed E-state index contributed by atoms with van der Waals surface area (Å²) in [6.45, 7) is -0.117. The molecule has 0 bridgehead atoms. The van der Waals surface area contributed by atoms with Gasteiger partial charge in [0.15, 0.2) is 0 Å². The molecule has 1 aliphatic rings. The van der Waals surface area contributed by atoms with Gasteiger partial charge < -0.3 is 16.2 Å². The quantitative estimate of drug-likeness (QED) is 0.753. The Kier molecular flexibility index (Phi) is 4.33. The van der Waals surface area contributed by atoms with Crippen molar-refractivity contribution in [3.05, 3.63) is 35.4 Å². The molecule has 2 rings (SSSR count). The van der Waals surface area contributed by atoms with E-state index in [9.17, 15) is 4.79 Å². The third-order valence-corrected chi connectivity index (χ3v) is 3.46. The zero-order valence-electron chi connectivity index (χ0n) is 10.4. The first-order valence-electron chi connectivity index (χ1n) is 6.48. The highest BCUT2D eigenvalue weighted by atomic mass is 16.3. The summed E-state index contributed by atoms with van der Waals surface area (Å²) in [5, 5.41) is 12.1. The lowest BCUT2D eigenvalue weighted by molar-refractivity contribution is 0.0937. The van der Waals surface area contributed by atoms with Gasteiger partial charge >= 0.3 is 0 Å². The molecule has 1 aromatic carbocycles. The van der Waals surface area contributed by atoms with Gasteiger partial charge in [-0.25, -0.2) is 0 Å². The van der Waals surface area contributed by atoms with Crippen molar-refractivity contribution in [2.75, 3.05) is 6.61 Å². The second-order valence-electron chi connectivity index (χ2n) is 4.87. The molecule has 4 heteroatoms. The highest BCUT2D eigenvalue weighted by Gasteiger charge is 2.18. The van der Waals surface area contributed by atoms with Gasteiger partial charge in [-0.2, -0.15) is 0 Å². The lowest BCUT2D eigenvalue weighted by Crippen LogP contribution is -2.32. The molecular weight excluding hydrogens is 228 g/mol. The minimum Gasteiger partial charge on any atom is -0.394 e. The molecule has 0 aliphatic heterocycles. The standard InChI is InChI=1S/C14H20N2O2/c15-13(9-17)10-4-3-5-11(8-10)14(18)16-12-6-1-2-7-12/h3-5,8,12-13,17H,1-2,6-7,9,15H2,(H,16,18). The fourth-order valence-corrected chi connectivity index (χ4v) is 2.35. The Bertz CT molecular complexity index is 414. The largest absolute Gasteiger partial charge is 0.394 e. The molecule has 1 saturated carbocycles. The van der Waals surface area contributed by atoms with Crippen LogP contribution < -0.4 is 11.1 Å². The van der Waals surface area contributed by atoms with Crippen molar-refractivity contribution in [3.8, 4) is 0 Å². The lowest BCUT2D eigenvalue weighted by atomic mass is 10.0. The summed E-state index contributed by atoms with van der Waals surface area (Å²) in [6, 6.07) is 7.04. The number of hydrogen-bond donors (Lipinski definition) is 3. The molecule has 4 nitrogen and oxygen atoms in total. The van der Waals surface area contributed by atoms with Crippen molar-refractivity contribution in [3.63, 3.8) is 0 Å². The lowest BCUT2D eigenvalue weighted by Gasteiger charge is -2.13. The maximum Gasteiger partial charge on any atom is 0.251 e. The number of hydrogen-bond acceptors (Lipinski definition) is 3. The summed E-state index contributed by atoms with van der Waals surface area (Å²) < 4.78 is 0. The summed E-state index contributed by atoms with van der Waals surface area (Å²) in [7, 11) is 0. The maximum atomic E-state index is 12.0. The topological polar surface area (TPSA) is 75.3 Å². The minimum atomic E-state index is -0.427. The number of benzene rings is 1. The van der Waals surface area contributed by atoms with Crippen molar-refractivity contribution in [1.82, 2.24) is 5.32 Å². The van der Waals surface area contributed by atoms with Crippen LogP contribution >= 0.6 is 0 Å². The number of amides is 1. The van der Waals surface area contributed by atoms with Crippen molar-refractivity contribution < 1.29 is 9.90 Å². The van der Waals surface area contributed by atoms with Crippen LogP contribution in [0.1, 0.15) is 47.6 Å². The van der Waals surface area contributed by atoms with Gasteiger partial charge in [-0.05, 0) is 30.5 Å². The number of aliphatic hydroxyl groups excluding tert-OH is 1. The summed E-state index contributed by atoms with van der Waals surface area (Å²) in [6.07, 6.45) is 4.53. The summed E-state index contributed by atoms with van der Waals surface area (Å²) in [5.41, 5.74) is 7.15. The Morgan fingerprint density at radius 3 is 2.83 bits per heavy atom. The van der Waals surface area contributed by atoms with Crippen LogP contribution in [0.4, 0.5) is 0 Å². The molecule has 0 spiro atoms. The molecule has 98 valence electrons. The van der Waals surface area contributed by atoms with E-state index < -0.39 is 6.04 Å². The smallest absolute Gasteiger partial charge is 0.251 e. The molecule has 1 fully saturated rings. The van der Waals surface area contributed by atoms with E-state index in [4.69, 9.17) is 10.8 Å². The fraction of sp³-hybridized carbons (Fsp3) is 0.500. The molecule has 1 unspecified atom stereocenters. The van der Waals surface area contributed by atoms with E-state index in [2.05, 4.69) is 5.32 Å². The van der Waals surface area contributed by atoms with E-state index in [1.165, 1.54) is 12.8 Å². The average molecular weight is 248 g/mol. The van der Waals surface area contributed by atoms with Gasteiger partial charge in [0.25, 0.3) is 5.91 Å². The Morgan fingerprint density at radius 1 is 1.44 bits per heavy atom. The second-order valence-corrected chi connectivity index (χ2v) is 4.87. The molecule has 1 atom stereocenters. The van der Waals surface area contributed by atoms with Crippen LogP contribution in [0.2, 0.25) is 0 Å². The summed E-state index contributed by atoms with van der Waals surface area (Å²) in [4.78, 5) is 12.0. The SMILES string of the molecule is NC(CO)c1cccc(C(=O)NC2CCCC2)c1. The van der Waals surface area contributed by atoms with Crippen LogP contribution in [0.3, 0.4) is 0 Å². The number of nitrogens with one attached hydrogen (secondary N) is 1. The molecule has 0 radical (unpaired) electrons. The fourth-order valence-electron chi connectivity index (χ4n) is 2.35. The highest BCUT2D eigenvalue weighted by Crippen LogP contribution is 2.18. The molecule has 1 amide bonds. The highest BCUT2D eigenvalue weighted by molar-refractivity contribution is 5.94. The van der Waals surface area contributed by atoms with E-state index in [1.54, 1.807) is 18.2 Å². The molecule has 0 heterocycles. The van der Waals surface area contributed by atoms with Gasteiger partial charge in [-0.15, -0.1) is 0 Å². The van der Waals surface area contributed by atoms with Gasteiger partial charge in [0, 0.05) is 11.6 Å². The summed E-state index contributed by atoms with van der Waals surface area (Å²) >= 11 is 0. The van der Waals surface area contributed by atoms with Gasteiger partial charge in [-0.1, -0.05) is 25.0 Å². The van der Waals surface area contributed by atoms with Crippen molar-refractivity contribution in [2.24, 2.45) is 5.73 Å². The number of aliphatic hydroxyl groups is 1.